The SMILES string of the molecule is CC(CO)(NC(=O)CCc1ccoc1)C1CCCCC1. The first-order valence-electron chi connectivity index (χ1n) is 7.57. The van der Waals surface area contributed by atoms with Gasteiger partial charge in [0.1, 0.15) is 0 Å². The van der Waals surface area contributed by atoms with Crippen LogP contribution in [-0.4, -0.2) is 23.2 Å². The van der Waals surface area contributed by atoms with Crippen molar-refractivity contribution < 1.29 is 14.3 Å². The van der Waals surface area contributed by atoms with E-state index in [-0.39, 0.29) is 12.5 Å². The third kappa shape index (κ3) is 3.85. The lowest BCUT2D eigenvalue weighted by Crippen LogP contribution is -2.54. The predicted molar refractivity (Wildman–Crippen MR) is 77.2 cm³/mol. The molecular formula is C16H25NO3. The highest BCUT2D eigenvalue weighted by Crippen LogP contribution is 2.32. The summed E-state index contributed by atoms with van der Waals surface area (Å²) in [5.41, 5.74) is 0.553. The van der Waals surface area contributed by atoms with E-state index in [1.54, 1.807) is 12.5 Å². The Morgan fingerprint density at radius 2 is 2.20 bits per heavy atom. The molecule has 2 N–H and O–H groups in total. The minimum Gasteiger partial charge on any atom is -0.472 e. The summed E-state index contributed by atoms with van der Waals surface area (Å²) in [5.74, 6) is 0.396. The molecular weight excluding hydrogens is 254 g/mol. The van der Waals surface area contributed by atoms with Gasteiger partial charge in [0.2, 0.25) is 5.91 Å². The van der Waals surface area contributed by atoms with Gasteiger partial charge in [0, 0.05) is 6.42 Å². The van der Waals surface area contributed by atoms with Gasteiger partial charge in [-0.05, 0) is 43.7 Å². The lowest BCUT2D eigenvalue weighted by Gasteiger charge is -2.39. The number of nitrogens with one attached hydrogen (secondary N) is 1. The number of rotatable bonds is 6. The molecule has 112 valence electrons. The number of carbonyl (C=O) groups excluding carboxylic acids is 1. The molecule has 1 aliphatic carbocycles. The zero-order valence-corrected chi connectivity index (χ0v) is 12.2. The fraction of sp³-hybridized carbons (Fsp3) is 0.688. The number of furan rings is 1. The number of aliphatic hydroxyl groups excluding tert-OH is 1. The van der Waals surface area contributed by atoms with E-state index in [2.05, 4.69) is 5.32 Å². The molecule has 1 unspecified atom stereocenters. The lowest BCUT2D eigenvalue weighted by molar-refractivity contribution is -0.124. The molecule has 0 aromatic carbocycles. The molecule has 0 spiro atoms. The van der Waals surface area contributed by atoms with Gasteiger partial charge in [-0.25, -0.2) is 0 Å². The highest BCUT2D eigenvalue weighted by atomic mass is 16.3. The van der Waals surface area contributed by atoms with Crippen LogP contribution in [0.2, 0.25) is 0 Å². The molecule has 1 aromatic rings. The Hall–Kier alpha value is -1.29. The molecule has 4 nitrogen and oxygen atoms in total. The van der Waals surface area contributed by atoms with Crippen LogP contribution in [0, 0.1) is 5.92 Å². The highest BCUT2D eigenvalue weighted by molar-refractivity contribution is 5.77. The summed E-state index contributed by atoms with van der Waals surface area (Å²) in [6, 6.07) is 1.87. The molecule has 1 aliphatic rings. The summed E-state index contributed by atoms with van der Waals surface area (Å²) in [4.78, 5) is 12.1. The molecule has 0 bridgehead atoms. The van der Waals surface area contributed by atoms with Gasteiger partial charge in [-0.15, -0.1) is 0 Å². The van der Waals surface area contributed by atoms with E-state index in [0.29, 0.717) is 18.8 Å². The topological polar surface area (TPSA) is 62.5 Å². The van der Waals surface area contributed by atoms with E-state index < -0.39 is 5.54 Å². The third-order valence-corrected chi connectivity index (χ3v) is 4.48. The van der Waals surface area contributed by atoms with Crippen molar-refractivity contribution in [1.82, 2.24) is 5.32 Å². The fourth-order valence-corrected chi connectivity index (χ4v) is 3.08. The van der Waals surface area contributed by atoms with Crippen LogP contribution in [0.3, 0.4) is 0 Å². The van der Waals surface area contributed by atoms with Crippen LogP contribution in [-0.2, 0) is 11.2 Å². The summed E-state index contributed by atoms with van der Waals surface area (Å²) >= 11 is 0. The van der Waals surface area contributed by atoms with Crippen molar-refractivity contribution in [3.63, 3.8) is 0 Å². The predicted octanol–water partition coefficient (Wildman–Crippen LogP) is 2.66. The van der Waals surface area contributed by atoms with E-state index in [4.69, 9.17) is 4.42 Å². The molecule has 0 aliphatic heterocycles. The average molecular weight is 279 g/mol. The van der Waals surface area contributed by atoms with E-state index >= 15 is 0 Å². The number of aryl methyl sites for hydroxylation is 1. The molecule has 0 saturated heterocycles. The van der Waals surface area contributed by atoms with E-state index in [9.17, 15) is 9.90 Å². The zero-order chi connectivity index (χ0) is 14.4. The molecule has 1 fully saturated rings. The monoisotopic (exact) mass is 279 g/mol. The van der Waals surface area contributed by atoms with Gasteiger partial charge >= 0.3 is 0 Å². The number of amides is 1. The van der Waals surface area contributed by atoms with Crippen molar-refractivity contribution in [2.75, 3.05) is 6.61 Å². The molecule has 20 heavy (non-hydrogen) atoms. The largest absolute Gasteiger partial charge is 0.472 e. The molecule has 2 rings (SSSR count). The van der Waals surface area contributed by atoms with Gasteiger partial charge < -0.3 is 14.8 Å². The van der Waals surface area contributed by atoms with Gasteiger partial charge in [-0.3, -0.25) is 4.79 Å². The van der Waals surface area contributed by atoms with Gasteiger partial charge in [-0.1, -0.05) is 19.3 Å². The second-order valence-electron chi connectivity index (χ2n) is 6.09. The summed E-state index contributed by atoms with van der Waals surface area (Å²) in [6.45, 7) is 1.98. The summed E-state index contributed by atoms with van der Waals surface area (Å²) in [5, 5.41) is 12.8. The first kappa shape index (κ1) is 15.1. The van der Waals surface area contributed by atoms with Gasteiger partial charge in [0.05, 0.1) is 24.7 Å². The van der Waals surface area contributed by atoms with Crippen LogP contribution >= 0.6 is 0 Å². The molecule has 4 heteroatoms. The Morgan fingerprint density at radius 3 is 2.80 bits per heavy atom. The summed E-state index contributed by atoms with van der Waals surface area (Å²) in [6.07, 6.45) is 10.3. The number of carbonyl (C=O) groups is 1. The number of hydrogen-bond acceptors (Lipinski definition) is 3. The summed E-state index contributed by atoms with van der Waals surface area (Å²) in [7, 11) is 0. The molecule has 1 heterocycles. The normalized spacial score (nSPS) is 19.5. The fourth-order valence-electron chi connectivity index (χ4n) is 3.08. The van der Waals surface area contributed by atoms with Crippen LogP contribution in [0.25, 0.3) is 0 Å². The molecule has 1 atom stereocenters. The van der Waals surface area contributed by atoms with Crippen molar-refractivity contribution in [2.45, 2.75) is 57.4 Å². The Bertz CT molecular complexity index is 409. The van der Waals surface area contributed by atoms with Crippen molar-refractivity contribution in [3.8, 4) is 0 Å². The Morgan fingerprint density at radius 1 is 1.45 bits per heavy atom. The Labute approximate surface area is 120 Å². The molecule has 1 saturated carbocycles. The quantitative estimate of drug-likeness (QED) is 0.841. The minimum atomic E-state index is -0.478. The van der Waals surface area contributed by atoms with E-state index in [1.165, 1.54) is 19.3 Å². The van der Waals surface area contributed by atoms with Crippen LogP contribution in [0.5, 0.6) is 0 Å². The van der Waals surface area contributed by atoms with Gasteiger partial charge in [0.25, 0.3) is 0 Å². The first-order chi connectivity index (χ1) is 9.64. The van der Waals surface area contributed by atoms with E-state index in [1.807, 2.05) is 13.0 Å². The number of aliphatic hydroxyl groups is 1. The number of hydrogen-bond donors (Lipinski definition) is 2. The molecule has 1 aromatic heterocycles. The maximum atomic E-state index is 12.1. The summed E-state index contributed by atoms with van der Waals surface area (Å²) < 4.78 is 4.99. The zero-order valence-electron chi connectivity index (χ0n) is 12.2. The highest BCUT2D eigenvalue weighted by Gasteiger charge is 2.35. The third-order valence-electron chi connectivity index (χ3n) is 4.48. The van der Waals surface area contributed by atoms with E-state index in [0.717, 1.165) is 18.4 Å². The van der Waals surface area contributed by atoms with Crippen molar-refractivity contribution in [3.05, 3.63) is 24.2 Å². The molecule has 1 amide bonds. The van der Waals surface area contributed by atoms with Gasteiger partial charge in [-0.2, -0.15) is 0 Å². The second kappa shape index (κ2) is 6.93. The van der Waals surface area contributed by atoms with Crippen molar-refractivity contribution in [2.24, 2.45) is 5.92 Å². The van der Waals surface area contributed by atoms with Crippen LogP contribution < -0.4 is 5.32 Å². The minimum absolute atomic E-state index is 0.00771. The Kier molecular flexibility index (Phi) is 5.24. The maximum Gasteiger partial charge on any atom is 0.220 e. The maximum absolute atomic E-state index is 12.1. The smallest absolute Gasteiger partial charge is 0.220 e. The standard InChI is InChI=1S/C16H25NO3/c1-16(12-18,14-5-3-2-4-6-14)17-15(19)8-7-13-9-10-20-11-13/h9-11,14,18H,2-8,12H2,1H3,(H,17,19). The molecule has 0 radical (unpaired) electrons. The second-order valence-corrected chi connectivity index (χ2v) is 6.09. The Balaban J connectivity index is 1.86. The van der Waals surface area contributed by atoms with Crippen molar-refractivity contribution >= 4 is 5.91 Å². The lowest BCUT2D eigenvalue weighted by atomic mass is 9.76. The van der Waals surface area contributed by atoms with Crippen LogP contribution in [0.15, 0.2) is 23.0 Å². The van der Waals surface area contributed by atoms with Crippen LogP contribution in [0.1, 0.15) is 51.0 Å². The first-order valence-corrected chi connectivity index (χ1v) is 7.57. The van der Waals surface area contributed by atoms with Gasteiger partial charge in [0.15, 0.2) is 0 Å². The average Bonchev–Trinajstić information content (AvgIpc) is 2.99. The van der Waals surface area contributed by atoms with Crippen LogP contribution in [0.4, 0.5) is 0 Å². The van der Waals surface area contributed by atoms with Crippen molar-refractivity contribution in [1.29, 1.82) is 0 Å².